The summed E-state index contributed by atoms with van der Waals surface area (Å²) in [5, 5.41) is 31.6. The first-order chi connectivity index (χ1) is 5.45. The Morgan fingerprint density at radius 2 is 1.75 bits per heavy atom. The van der Waals surface area contributed by atoms with Gasteiger partial charge in [0.2, 0.25) is 6.29 Å². The van der Waals surface area contributed by atoms with Crippen LogP contribution in [0.1, 0.15) is 6.92 Å². The zero-order chi connectivity index (χ0) is 10.1. The van der Waals surface area contributed by atoms with Gasteiger partial charge in [-0.3, -0.25) is 4.79 Å². The fourth-order valence-corrected chi connectivity index (χ4v) is 0.0430. The summed E-state index contributed by atoms with van der Waals surface area (Å²) in [6, 6.07) is 0. The first-order valence-electron chi connectivity index (χ1n) is 3.06. The summed E-state index contributed by atoms with van der Waals surface area (Å²) in [5.41, 5.74) is 0. The van der Waals surface area contributed by atoms with Gasteiger partial charge < -0.3 is 25.2 Å². The number of rotatable bonds is 3. The normalized spacial score (nSPS) is 11.5. The highest BCUT2D eigenvalue weighted by atomic mass is 16.5. The van der Waals surface area contributed by atoms with Crippen LogP contribution >= 0.6 is 0 Å². The SMILES string of the molecule is CC(=O)C(O)O.O=C[C@H](O)CO. The lowest BCUT2D eigenvalue weighted by atomic mass is 10.4. The molecule has 0 aromatic carbocycles. The monoisotopic (exact) mass is 180 g/mol. The molecule has 0 aromatic heterocycles. The van der Waals surface area contributed by atoms with Gasteiger partial charge in [-0.25, -0.2) is 0 Å². The van der Waals surface area contributed by atoms with E-state index in [0.29, 0.717) is 0 Å². The summed E-state index contributed by atoms with van der Waals surface area (Å²) >= 11 is 0. The number of Topliss-reactive ketones (excluding diaryl/α,β-unsaturated/α-hetero) is 1. The lowest BCUT2D eigenvalue weighted by Gasteiger charge is -1.90. The predicted molar refractivity (Wildman–Crippen MR) is 38.1 cm³/mol. The number of hydrogen-bond donors (Lipinski definition) is 4. The van der Waals surface area contributed by atoms with Crippen molar-refractivity contribution in [2.45, 2.75) is 19.3 Å². The fourth-order valence-electron chi connectivity index (χ4n) is 0.0430. The molecular formula is C6H12O6. The summed E-state index contributed by atoms with van der Waals surface area (Å²) < 4.78 is 0. The highest BCUT2D eigenvalue weighted by molar-refractivity contribution is 5.78. The van der Waals surface area contributed by atoms with Crippen LogP contribution in [0, 0.1) is 0 Å². The Labute approximate surface area is 69.1 Å². The summed E-state index contributed by atoms with van der Waals surface area (Å²) in [6.07, 6.45) is -2.70. The van der Waals surface area contributed by atoms with Gasteiger partial charge in [0.15, 0.2) is 12.1 Å². The lowest BCUT2D eigenvalue weighted by Crippen LogP contribution is -2.14. The van der Waals surface area contributed by atoms with E-state index in [0.717, 1.165) is 6.92 Å². The van der Waals surface area contributed by atoms with Crippen LogP contribution in [0.25, 0.3) is 0 Å². The van der Waals surface area contributed by atoms with Crippen molar-refractivity contribution < 1.29 is 30.0 Å². The Kier molecular flexibility index (Phi) is 9.48. The lowest BCUT2D eigenvalue weighted by molar-refractivity contribution is -0.142. The number of aliphatic hydroxyl groups is 4. The number of carbonyl (C=O) groups excluding carboxylic acids is 2. The van der Waals surface area contributed by atoms with Crippen LogP contribution in [-0.4, -0.2) is 51.5 Å². The van der Waals surface area contributed by atoms with E-state index in [1.165, 1.54) is 0 Å². The second-order valence-corrected chi connectivity index (χ2v) is 1.87. The minimum absolute atomic E-state index is 0.278. The van der Waals surface area contributed by atoms with E-state index in [1.54, 1.807) is 0 Å². The van der Waals surface area contributed by atoms with E-state index in [2.05, 4.69) is 0 Å². The maximum Gasteiger partial charge on any atom is 0.212 e. The van der Waals surface area contributed by atoms with Crippen LogP contribution in [0.4, 0.5) is 0 Å². The van der Waals surface area contributed by atoms with Crippen LogP contribution in [0.15, 0.2) is 0 Å². The molecule has 0 saturated heterocycles. The molecule has 0 aliphatic rings. The molecule has 0 aliphatic heterocycles. The van der Waals surface area contributed by atoms with Gasteiger partial charge in [0.1, 0.15) is 6.10 Å². The van der Waals surface area contributed by atoms with Crippen molar-refractivity contribution in [3.63, 3.8) is 0 Å². The van der Waals surface area contributed by atoms with Crippen molar-refractivity contribution in [1.29, 1.82) is 0 Å². The zero-order valence-electron chi connectivity index (χ0n) is 6.54. The summed E-state index contributed by atoms with van der Waals surface area (Å²) in [4.78, 5) is 19.0. The number of ketones is 1. The van der Waals surface area contributed by atoms with Crippen LogP contribution in [-0.2, 0) is 9.59 Å². The molecule has 6 nitrogen and oxygen atoms in total. The standard InChI is InChI=1S/2C3H6O3/c4-1-3(6)2-5;1-2(4)3(5)6/h1,3,5-6H,2H2;3,5-6H,1H3/t3-;/m0./s1. The zero-order valence-corrected chi connectivity index (χ0v) is 6.54. The molecule has 0 unspecified atom stereocenters. The summed E-state index contributed by atoms with van der Waals surface area (Å²) in [7, 11) is 0. The Bertz CT molecular complexity index is 132. The van der Waals surface area contributed by atoms with Gasteiger partial charge in [0.25, 0.3) is 0 Å². The molecule has 4 N–H and O–H groups in total. The molecular weight excluding hydrogens is 168 g/mol. The first-order valence-corrected chi connectivity index (χ1v) is 3.06. The summed E-state index contributed by atoms with van der Waals surface area (Å²) in [5.74, 6) is -0.630. The molecule has 0 amide bonds. The molecule has 6 heteroatoms. The van der Waals surface area contributed by atoms with Gasteiger partial charge in [0, 0.05) is 0 Å². The maximum absolute atomic E-state index is 9.64. The van der Waals surface area contributed by atoms with Gasteiger partial charge in [-0.1, -0.05) is 0 Å². The van der Waals surface area contributed by atoms with Crippen molar-refractivity contribution in [2.24, 2.45) is 0 Å². The van der Waals surface area contributed by atoms with Crippen molar-refractivity contribution in [2.75, 3.05) is 6.61 Å². The average molecular weight is 180 g/mol. The minimum atomic E-state index is -1.79. The third kappa shape index (κ3) is 11.9. The van der Waals surface area contributed by atoms with E-state index >= 15 is 0 Å². The molecule has 0 bridgehead atoms. The van der Waals surface area contributed by atoms with E-state index in [4.69, 9.17) is 20.4 Å². The number of hydrogen-bond acceptors (Lipinski definition) is 6. The molecule has 0 spiro atoms. The quantitative estimate of drug-likeness (QED) is 0.280. The van der Waals surface area contributed by atoms with Crippen LogP contribution < -0.4 is 0 Å². The Balaban J connectivity index is 0. The Hall–Kier alpha value is -0.820. The molecule has 1 atom stereocenters. The number of carbonyl (C=O) groups is 2. The number of aliphatic hydroxyl groups excluding tert-OH is 3. The Morgan fingerprint density at radius 3 is 1.75 bits per heavy atom. The van der Waals surface area contributed by atoms with Crippen molar-refractivity contribution >= 4 is 12.1 Å². The molecule has 0 heterocycles. The maximum atomic E-state index is 9.64. The van der Waals surface area contributed by atoms with E-state index in [1.807, 2.05) is 0 Å². The second-order valence-electron chi connectivity index (χ2n) is 1.87. The molecule has 0 rings (SSSR count). The summed E-state index contributed by atoms with van der Waals surface area (Å²) in [6.45, 7) is 0.619. The molecule has 0 aromatic rings. The topological polar surface area (TPSA) is 115 Å². The molecule has 0 saturated carbocycles. The number of aldehydes is 1. The van der Waals surface area contributed by atoms with Gasteiger partial charge in [-0.2, -0.15) is 0 Å². The van der Waals surface area contributed by atoms with E-state index < -0.39 is 24.8 Å². The highest BCUT2D eigenvalue weighted by Crippen LogP contribution is 1.72. The molecule has 72 valence electrons. The molecule has 0 radical (unpaired) electrons. The first kappa shape index (κ1) is 13.7. The van der Waals surface area contributed by atoms with Gasteiger partial charge in [0.05, 0.1) is 6.61 Å². The third-order valence-corrected chi connectivity index (χ3v) is 0.708. The molecule has 0 fully saturated rings. The Morgan fingerprint density at radius 1 is 1.42 bits per heavy atom. The van der Waals surface area contributed by atoms with Crippen LogP contribution in [0.2, 0.25) is 0 Å². The fraction of sp³-hybridized carbons (Fsp3) is 0.667. The third-order valence-electron chi connectivity index (χ3n) is 0.708. The average Bonchev–Trinajstić information content (AvgIpc) is 2.04. The van der Waals surface area contributed by atoms with Gasteiger partial charge in [-0.05, 0) is 6.92 Å². The molecule has 12 heavy (non-hydrogen) atoms. The largest absolute Gasteiger partial charge is 0.393 e. The van der Waals surface area contributed by atoms with Crippen LogP contribution in [0.3, 0.4) is 0 Å². The van der Waals surface area contributed by atoms with Crippen molar-refractivity contribution in [1.82, 2.24) is 0 Å². The molecule has 0 aliphatic carbocycles. The van der Waals surface area contributed by atoms with Crippen molar-refractivity contribution in [3.05, 3.63) is 0 Å². The highest BCUT2D eigenvalue weighted by Gasteiger charge is 1.99. The van der Waals surface area contributed by atoms with Gasteiger partial charge in [-0.15, -0.1) is 0 Å². The second kappa shape index (κ2) is 8.28. The van der Waals surface area contributed by atoms with E-state index in [-0.39, 0.29) is 6.29 Å². The van der Waals surface area contributed by atoms with Crippen LogP contribution in [0.5, 0.6) is 0 Å². The van der Waals surface area contributed by atoms with Gasteiger partial charge >= 0.3 is 0 Å². The predicted octanol–water partition coefficient (Wildman–Crippen LogP) is -2.58. The van der Waals surface area contributed by atoms with E-state index in [9.17, 15) is 9.59 Å². The minimum Gasteiger partial charge on any atom is -0.393 e. The van der Waals surface area contributed by atoms with Crippen molar-refractivity contribution in [3.8, 4) is 0 Å². The smallest absolute Gasteiger partial charge is 0.212 e.